The molecule has 0 bridgehead atoms. The van der Waals surface area contributed by atoms with E-state index in [1.807, 2.05) is 0 Å². The second-order valence-corrected chi connectivity index (χ2v) is 8.69. The van der Waals surface area contributed by atoms with Gasteiger partial charge in [-0.15, -0.1) is 0 Å². The van der Waals surface area contributed by atoms with Gasteiger partial charge in [-0.05, 0) is 50.8 Å². The Morgan fingerprint density at radius 2 is 1.83 bits per heavy atom. The predicted octanol–water partition coefficient (Wildman–Crippen LogP) is 7.00. The molecule has 1 heterocycles. The summed E-state index contributed by atoms with van der Waals surface area (Å²) < 4.78 is 0. The smallest absolute Gasteiger partial charge is 0.130 e. The van der Waals surface area contributed by atoms with Crippen LogP contribution in [0.15, 0.2) is 71.0 Å². The SMILES string of the molecule is C=C(C=C(C)C)NC1=NC(C2(c3ccccc3)CCC2)NC(CC)=C1.CCCCC. The fourth-order valence-electron chi connectivity index (χ4n) is 4.08. The van der Waals surface area contributed by atoms with Gasteiger partial charge in [0.25, 0.3) is 0 Å². The molecule has 2 aliphatic rings. The molecule has 1 aliphatic carbocycles. The Kier molecular flexibility index (Phi) is 9.42. The fraction of sp³-hybridized carbons (Fsp3) is 0.519. The Morgan fingerprint density at radius 1 is 1.17 bits per heavy atom. The van der Waals surface area contributed by atoms with Gasteiger partial charge in [0.05, 0.1) is 0 Å². The molecule has 1 atom stereocenters. The Hall–Kier alpha value is -2.29. The van der Waals surface area contributed by atoms with E-state index in [4.69, 9.17) is 4.99 Å². The average molecular weight is 408 g/mol. The van der Waals surface area contributed by atoms with Crippen molar-refractivity contribution in [3.63, 3.8) is 0 Å². The van der Waals surface area contributed by atoms with Crippen LogP contribution in [-0.4, -0.2) is 12.0 Å². The van der Waals surface area contributed by atoms with Crippen molar-refractivity contribution in [1.82, 2.24) is 10.6 Å². The number of allylic oxidation sites excluding steroid dienone is 3. The number of hydrogen-bond acceptors (Lipinski definition) is 3. The lowest BCUT2D eigenvalue weighted by molar-refractivity contribution is 0.179. The molecule has 30 heavy (non-hydrogen) atoms. The highest BCUT2D eigenvalue weighted by Gasteiger charge is 2.46. The van der Waals surface area contributed by atoms with Gasteiger partial charge in [-0.3, -0.25) is 0 Å². The van der Waals surface area contributed by atoms with E-state index in [0.29, 0.717) is 0 Å². The number of rotatable bonds is 7. The molecule has 0 aromatic heterocycles. The topological polar surface area (TPSA) is 36.4 Å². The molecule has 0 amide bonds. The van der Waals surface area contributed by atoms with E-state index in [1.165, 1.54) is 55.4 Å². The van der Waals surface area contributed by atoms with Gasteiger partial charge in [0, 0.05) is 16.8 Å². The van der Waals surface area contributed by atoms with Crippen LogP contribution in [0.1, 0.15) is 85.1 Å². The first-order chi connectivity index (χ1) is 14.4. The summed E-state index contributed by atoms with van der Waals surface area (Å²) >= 11 is 0. The monoisotopic (exact) mass is 407 g/mol. The number of aliphatic imine (C=N–C) groups is 1. The maximum absolute atomic E-state index is 5.03. The normalized spacial score (nSPS) is 19.0. The minimum atomic E-state index is 0.0746. The zero-order valence-electron chi connectivity index (χ0n) is 19.7. The van der Waals surface area contributed by atoms with Crippen LogP contribution < -0.4 is 10.6 Å². The van der Waals surface area contributed by atoms with Crippen molar-refractivity contribution < 1.29 is 0 Å². The van der Waals surface area contributed by atoms with Gasteiger partial charge in [0.2, 0.25) is 0 Å². The molecule has 1 aromatic rings. The van der Waals surface area contributed by atoms with Gasteiger partial charge < -0.3 is 10.6 Å². The molecule has 1 saturated carbocycles. The van der Waals surface area contributed by atoms with E-state index in [0.717, 1.165) is 18.0 Å². The average Bonchev–Trinajstić information content (AvgIpc) is 2.68. The van der Waals surface area contributed by atoms with E-state index in [1.54, 1.807) is 0 Å². The molecule has 3 heteroatoms. The fourth-order valence-corrected chi connectivity index (χ4v) is 4.08. The molecule has 164 valence electrons. The van der Waals surface area contributed by atoms with Gasteiger partial charge in [0.1, 0.15) is 12.0 Å². The van der Waals surface area contributed by atoms with Crippen LogP contribution in [-0.2, 0) is 5.41 Å². The van der Waals surface area contributed by atoms with Crippen LogP contribution in [0.2, 0.25) is 0 Å². The van der Waals surface area contributed by atoms with E-state index < -0.39 is 0 Å². The van der Waals surface area contributed by atoms with E-state index in [2.05, 4.69) is 94.3 Å². The summed E-state index contributed by atoms with van der Waals surface area (Å²) in [5.74, 6) is 0.908. The number of amidine groups is 1. The maximum Gasteiger partial charge on any atom is 0.130 e. The zero-order valence-corrected chi connectivity index (χ0v) is 19.7. The third kappa shape index (κ3) is 6.35. The van der Waals surface area contributed by atoms with E-state index >= 15 is 0 Å². The zero-order chi connectivity index (χ0) is 22.0. The minimum Gasteiger partial charge on any atom is -0.366 e. The third-order valence-corrected chi connectivity index (χ3v) is 5.86. The Labute approximate surface area is 184 Å². The van der Waals surface area contributed by atoms with Gasteiger partial charge in [-0.1, -0.05) is 88.9 Å². The van der Waals surface area contributed by atoms with Crippen LogP contribution in [0.3, 0.4) is 0 Å². The van der Waals surface area contributed by atoms with Gasteiger partial charge in [-0.25, -0.2) is 4.99 Å². The highest BCUT2D eigenvalue weighted by atomic mass is 15.2. The summed E-state index contributed by atoms with van der Waals surface area (Å²) in [6.45, 7) is 14.9. The number of nitrogens with one attached hydrogen (secondary N) is 2. The number of benzene rings is 1. The quantitative estimate of drug-likeness (QED) is 0.478. The second kappa shape index (κ2) is 11.8. The van der Waals surface area contributed by atoms with Crippen LogP contribution in [0.4, 0.5) is 0 Å². The number of nitrogens with zero attached hydrogens (tertiary/aromatic N) is 1. The van der Waals surface area contributed by atoms with Crippen molar-refractivity contribution in [2.24, 2.45) is 4.99 Å². The summed E-state index contributed by atoms with van der Waals surface area (Å²) in [6, 6.07) is 10.8. The summed E-state index contributed by atoms with van der Waals surface area (Å²) in [6.07, 6.45) is 12.9. The molecule has 0 saturated heterocycles. The lowest BCUT2D eigenvalue weighted by Gasteiger charge is -2.48. The largest absolute Gasteiger partial charge is 0.366 e. The maximum atomic E-state index is 5.03. The summed E-state index contributed by atoms with van der Waals surface area (Å²) in [7, 11) is 0. The standard InChI is InChI=1S/C22H29N3.C5H12/c1-5-19-15-20(23-17(4)14-16(2)3)25-21(24-19)22(12-9-13-22)18-10-7-6-8-11-18;1-3-5-4-2/h6-8,10-11,14-15,21,24H,4-5,9,12-13H2,1-3H3,(H,23,25);3-5H2,1-2H3. The van der Waals surface area contributed by atoms with Crippen molar-refractivity contribution in [1.29, 1.82) is 0 Å². The van der Waals surface area contributed by atoms with Crippen LogP contribution in [0.25, 0.3) is 0 Å². The van der Waals surface area contributed by atoms with Gasteiger partial charge >= 0.3 is 0 Å². The van der Waals surface area contributed by atoms with Crippen molar-refractivity contribution in [3.05, 3.63) is 71.6 Å². The van der Waals surface area contributed by atoms with E-state index in [9.17, 15) is 0 Å². The Balaban J connectivity index is 0.000000575. The van der Waals surface area contributed by atoms with Crippen molar-refractivity contribution in [2.75, 3.05) is 0 Å². The van der Waals surface area contributed by atoms with Crippen molar-refractivity contribution in [2.45, 2.75) is 91.1 Å². The molecule has 0 radical (unpaired) electrons. The third-order valence-electron chi connectivity index (χ3n) is 5.86. The molecule has 1 aliphatic heterocycles. The lowest BCUT2D eigenvalue weighted by atomic mass is 9.62. The van der Waals surface area contributed by atoms with E-state index in [-0.39, 0.29) is 11.6 Å². The summed E-state index contributed by atoms with van der Waals surface area (Å²) in [5, 5.41) is 7.06. The lowest BCUT2D eigenvalue weighted by Crippen LogP contribution is -2.53. The molecule has 2 N–H and O–H groups in total. The van der Waals surface area contributed by atoms with Crippen molar-refractivity contribution in [3.8, 4) is 0 Å². The Bertz CT molecular complexity index is 761. The Morgan fingerprint density at radius 3 is 2.30 bits per heavy atom. The van der Waals surface area contributed by atoms with Crippen LogP contribution >= 0.6 is 0 Å². The van der Waals surface area contributed by atoms with Gasteiger partial charge in [-0.2, -0.15) is 0 Å². The molecule has 1 fully saturated rings. The summed E-state index contributed by atoms with van der Waals surface area (Å²) in [4.78, 5) is 5.03. The number of unbranched alkanes of at least 4 members (excludes halogenated alkanes) is 2. The molecule has 3 nitrogen and oxygen atoms in total. The molecular weight excluding hydrogens is 366 g/mol. The molecule has 1 unspecified atom stereocenters. The molecule has 3 rings (SSSR count). The first-order valence-corrected chi connectivity index (χ1v) is 11.7. The predicted molar refractivity (Wildman–Crippen MR) is 132 cm³/mol. The number of hydrogen-bond donors (Lipinski definition) is 2. The molecule has 0 spiro atoms. The second-order valence-electron chi connectivity index (χ2n) is 8.69. The molecular formula is C27H41N3. The first-order valence-electron chi connectivity index (χ1n) is 11.7. The highest BCUT2D eigenvalue weighted by molar-refractivity contribution is 5.95. The van der Waals surface area contributed by atoms with Crippen LogP contribution in [0.5, 0.6) is 0 Å². The summed E-state index contributed by atoms with van der Waals surface area (Å²) in [5.41, 5.74) is 4.83. The highest BCUT2D eigenvalue weighted by Crippen LogP contribution is 2.47. The molecule has 1 aromatic carbocycles. The first kappa shape index (κ1) is 24.0. The van der Waals surface area contributed by atoms with Gasteiger partial charge in [0.15, 0.2) is 0 Å². The van der Waals surface area contributed by atoms with Crippen molar-refractivity contribution >= 4 is 5.84 Å². The minimum absolute atomic E-state index is 0.0746. The van der Waals surface area contributed by atoms with Crippen LogP contribution in [0, 0.1) is 0 Å².